The number of anilines is 1. The number of hydrogen-bond acceptors (Lipinski definition) is 4. The second-order valence-corrected chi connectivity index (χ2v) is 7.85. The molecular weight excluding hydrogens is 419 g/mol. The van der Waals surface area contributed by atoms with E-state index in [1.165, 1.54) is 6.07 Å². The van der Waals surface area contributed by atoms with Crippen molar-refractivity contribution in [1.82, 2.24) is 24.5 Å². The van der Waals surface area contributed by atoms with E-state index in [-0.39, 0.29) is 18.3 Å². The largest absolute Gasteiger partial charge is 0.319 e. The summed E-state index contributed by atoms with van der Waals surface area (Å²) in [6, 6.07) is 15.9. The maximum Gasteiger partial charge on any atom is 0.256 e. The molecule has 3 aromatic heterocycles. The molecule has 0 aliphatic heterocycles. The summed E-state index contributed by atoms with van der Waals surface area (Å²) in [7, 11) is 1.85. The van der Waals surface area contributed by atoms with Crippen LogP contribution in [-0.4, -0.2) is 30.5 Å². The Morgan fingerprint density at radius 2 is 1.88 bits per heavy atom. The number of rotatable bonds is 5. The lowest BCUT2D eigenvalue weighted by atomic mass is 10.0. The monoisotopic (exact) mass is 440 g/mol. The summed E-state index contributed by atoms with van der Waals surface area (Å²) in [4.78, 5) is 18.0. The molecule has 0 bridgehead atoms. The predicted molar refractivity (Wildman–Crippen MR) is 124 cm³/mol. The fourth-order valence-electron chi connectivity index (χ4n) is 3.87. The Labute approximate surface area is 189 Å². The summed E-state index contributed by atoms with van der Waals surface area (Å²) >= 11 is 0. The number of carbonyl (C=O) groups excluding carboxylic acids is 1. The van der Waals surface area contributed by atoms with Gasteiger partial charge in [-0.25, -0.2) is 9.37 Å². The molecule has 1 N–H and O–H groups in total. The van der Waals surface area contributed by atoms with Crippen LogP contribution < -0.4 is 5.32 Å². The number of para-hydroxylation sites is 1. The molecule has 5 rings (SSSR count). The number of amides is 1. The van der Waals surface area contributed by atoms with E-state index < -0.39 is 0 Å². The van der Waals surface area contributed by atoms with Crippen LogP contribution in [0, 0.1) is 12.7 Å². The first-order valence-electron chi connectivity index (χ1n) is 10.5. The Bertz CT molecular complexity index is 1490. The van der Waals surface area contributed by atoms with Crippen LogP contribution in [0.25, 0.3) is 22.2 Å². The molecule has 0 fully saturated rings. The molecule has 0 spiro atoms. The highest BCUT2D eigenvalue weighted by Crippen LogP contribution is 2.27. The summed E-state index contributed by atoms with van der Waals surface area (Å²) in [5.41, 5.74) is 4.65. The van der Waals surface area contributed by atoms with Crippen molar-refractivity contribution in [1.29, 1.82) is 0 Å². The molecule has 0 saturated carbocycles. The molecule has 0 aliphatic rings. The van der Waals surface area contributed by atoms with E-state index in [1.54, 1.807) is 46.0 Å². The number of halogens is 1. The highest BCUT2D eigenvalue weighted by molar-refractivity contribution is 6.13. The number of benzene rings is 2. The average molecular weight is 440 g/mol. The normalized spacial score (nSPS) is 11.1. The lowest BCUT2D eigenvalue weighted by molar-refractivity contribution is 0.102. The van der Waals surface area contributed by atoms with Gasteiger partial charge in [-0.1, -0.05) is 36.4 Å². The Hall–Kier alpha value is -4.33. The summed E-state index contributed by atoms with van der Waals surface area (Å²) in [6.07, 6.45) is 5.12. The molecule has 0 saturated heterocycles. The van der Waals surface area contributed by atoms with Gasteiger partial charge in [0.25, 0.3) is 5.91 Å². The van der Waals surface area contributed by atoms with Gasteiger partial charge in [-0.15, -0.1) is 0 Å². The van der Waals surface area contributed by atoms with Gasteiger partial charge in [0.2, 0.25) is 0 Å². The van der Waals surface area contributed by atoms with E-state index in [1.807, 2.05) is 44.4 Å². The lowest BCUT2D eigenvalue weighted by Gasteiger charge is -2.09. The van der Waals surface area contributed by atoms with Crippen molar-refractivity contribution in [2.45, 2.75) is 13.5 Å². The van der Waals surface area contributed by atoms with Crippen molar-refractivity contribution in [2.75, 3.05) is 5.32 Å². The molecular formula is C25H21FN6O. The minimum atomic E-state index is -0.292. The fourth-order valence-corrected chi connectivity index (χ4v) is 3.87. The third-order valence-electron chi connectivity index (χ3n) is 5.43. The highest BCUT2D eigenvalue weighted by Gasteiger charge is 2.17. The van der Waals surface area contributed by atoms with Crippen LogP contribution in [0.2, 0.25) is 0 Å². The first-order chi connectivity index (χ1) is 16.0. The Morgan fingerprint density at radius 1 is 1.09 bits per heavy atom. The van der Waals surface area contributed by atoms with Crippen molar-refractivity contribution in [2.24, 2.45) is 7.05 Å². The first kappa shape index (κ1) is 20.6. The smallest absolute Gasteiger partial charge is 0.256 e. The topological polar surface area (TPSA) is 77.6 Å². The summed E-state index contributed by atoms with van der Waals surface area (Å²) in [6.45, 7) is 2.18. The van der Waals surface area contributed by atoms with Gasteiger partial charge < -0.3 is 5.32 Å². The van der Waals surface area contributed by atoms with Gasteiger partial charge in [0, 0.05) is 36.0 Å². The van der Waals surface area contributed by atoms with E-state index in [9.17, 15) is 9.18 Å². The van der Waals surface area contributed by atoms with Gasteiger partial charge in [0.15, 0.2) is 0 Å². The quantitative estimate of drug-likeness (QED) is 0.434. The second kappa shape index (κ2) is 8.31. The van der Waals surface area contributed by atoms with Gasteiger partial charge in [-0.05, 0) is 25.1 Å². The minimum Gasteiger partial charge on any atom is -0.319 e. The van der Waals surface area contributed by atoms with Gasteiger partial charge in [-0.3, -0.25) is 14.2 Å². The summed E-state index contributed by atoms with van der Waals surface area (Å²) in [5, 5.41) is 12.3. The molecule has 2 aromatic carbocycles. The third-order valence-corrected chi connectivity index (χ3v) is 5.43. The number of hydrogen-bond donors (Lipinski definition) is 1. The van der Waals surface area contributed by atoms with Crippen LogP contribution in [0.3, 0.4) is 0 Å². The van der Waals surface area contributed by atoms with Crippen LogP contribution in [0.5, 0.6) is 0 Å². The number of pyridine rings is 1. The van der Waals surface area contributed by atoms with E-state index in [0.29, 0.717) is 22.5 Å². The Kier molecular flexibility index (Phi) is 5.18. The third kappa shape index (κ3) is 4.10. The van der Waals surface area contributed by atoms with Crippen molar-refractivity contribution in [3.8, 4) is 11.3 Å². The van der Waals surface area contributed by atoms with Crippen LogP contribution in [-0.2, 0) is 13.6 Å². The predicted octanol–water partition coefficient (Wildman–Crippen LogP) is 4.58. The Morgan fingerprint density at radius 3 is 2.67 bits per heavy atom. The molecule has 0 aliphatic carbocycles. The maximum atomic E-state index is 13.9. The van der Waals surface area contributed by atoms with E-state index >= 15 is 0 Å². The molecule has 164 valence electrons. The highest BCUT2D eigenvalue weighted by atomic mass is 19.1. The first-order valence-corrected chi connectivity index (χ1v) is 10.5. The summed E-state index contributed by atoms with van der Waals surface area (Å²) < 4.78 is 17.3. The van der Waals surface area contributed by atoms with Crippen LogP contribution >= 0.6 is 0 Å². The number of aromatic nitrogens is 5. The zero-order valence-electron chi connectivity index (χ0n) is 18.2. The van der Waals surface area contributed by atoms with Crippen LogP contribution in [0.1, 0.15) is 21.6 Å². The van der Waals surface area contributed by atoms with Crippen molar-refractivity contribution in [3.05, 3.63) is 95.8 Å². The average Bonchev–Trinajstić information content (AvgIpc) is 3.39. The number of nitrogens with one attached hydrogen (secondary N) is 1. The van der Waals surface area contributed by atoms with Crippen LogP contribution in [0.15, 0.2) is 73.2 Å². The van der Waals surface area contributed by atoms with Crippen molar-refractivity contribution >= 4 is 22.5 Å². The van der Waals surface area contributed by atoms with Crippen molar-refractivity contribution < 1.29 is 9.18 Å². The second-order valence-electron chi connectivity index (χ2n) is 7.85. The van der Waals surface area contributed by atoms with E-state index in [2.05, 4.69) is 15.5 Å². The SMILES string of the molecule is Cc1nn(C)cc1-c1cc(C(=O)Nc2cnn(Cc3ccccc3F)c2)c2ccccc2n1. The van der Waals surface area contributed by atoms with Gasteiger partial charge in [0.05, 0.1) is 40.9 Å². The van der Waals surface area contributed by atoms with E-state index in [4.69, 9.17) is 4.98 Å². The molecule has 7 nitrogen and oxygen atoms in total. The van der Waals surface area contributed by atoms with Gasteiger partial charge in [0.1, 0.15) is 5.82 Å². The summed E-state index contributed by atoms with van der Waals surface area (Å²) in [5.74, 6) is -0.568. The van der Waals surface area contributed by atoms with Crippen LogP contribution in [0.4, 0.5) is 10.1 Å². The number of carbonyl (C=O) groups is 1. The standard InChI is InChI=1S/C25H21FN6O/c1-16-21(15-31(2)30-16)24-11-20(19-8-4-6-10-23(19)29-24)25(33)28-18-12-27-32(14-18)13-17-7-3-5-9-22(17)26/h3-12,14-15H,13H2,1-2H3,(H,28,33). The molecule has 8 heteroatoms. The van der Waals surface area contributed by atoms with E-state index in [0.717, 1.165) is 22.2 Å². The molecule has 3 heterocycles. The molecule has 0 atom stereocenters. The van der Waals surface area contributed by atoms with Gasteiger partial charge in [-0.2, -0.15) is 10.2 Å². The number of nitrogens with zero attached hydrogens (tertiary/aromatic N) is 5. The zero-order valence-corrected chi connectivity index (χ0v) is 18.2. The minimum absolute atomic E-state index is 0.269. The number of aryl methyl sites for hydroxylation is 2. The maximum absolute atomic E-state index is 13.9. The zero-order chi connectivity index (χ0) is 22.9. The van der Waals surface area contributed by atoms with Gasteiger partial charge >= 0.3 is 0 Å². The fraction of sp³-hybridized carbons (Fsp3) is 0.120. The lowest BCUT2D eigenvalue weighted by Crippen LogP contribution is -2.13. The number of fused-ring (bicyclic) bond motifs is 1. The molecule has 1 amide bonds. The Balaban J connectivity index is 1.46. The molecule has 0 radical (unpaired) electrons. The molecule has 5 aromatic rings. The van der Waals surface area contributed by atoms with Crippen molar-refractivity contribution in [3.63, 3.8) is 0 Å². The molecule has 33 heavy (non-hydrogen) atoms. The molecule has 0 unspecified atom stereocenters.